The third-order valence-electron chi connectivity index (χ3n) is 2.84. The zero-order valence-corrected chi connectivity index (χ0v) is 8.86. The third-order valence-corrected chi connectivity index (χ3v) is 2.84. The second-order valence-corrected chi connectivity index (χ2v) is 4.03. The van der Waals surface area contributed by atoms with Crippen LogP contribution in [0, 0.1) is 0 Å². The van der Waals surface area contributed by atoms with Gasteiger partial charge in [0.2, 0.25) is 0 Å². The molecule has 0 spiro atoms. The number of nitrogens with zero attached hydrogens (tertiary/aromatic N) is 2. The number of rotatable bonds is 2. The smallest absolute Gasteiger partial charge is 0.272 e. The van der Waals surface area contributed by atoms with E-state index in [1.807, 2.05) is 0 Å². The number of carbonyl (C=O) groups excluding carboxylic acids is 1. The normalized spacial score (nSPS) is 16.9. The number of amides is 1. The van der Waals surface area contributed by atoms with Crippen LogP contribution in [0.25, 0.3) is 0 Å². The Morgan fingerprint density at radius 2 is 2.27 bits per heavy atom. The lowest BCUT2D eigenvalue weighted by Crippen LogP contribution is -2.32. The maximum atomic E-state index is 11.7. The van der Waals surface area contributed by atoms with Crippen molar-refractivity contribution in [2.75, 3.05) is 5.73 Å². The predicted octanol–water partition coefficient (Wildman–Crippen LogP) is 0.675. The van der Waals surface area contributed by atoms with Crippen LogP contribution in [0.4, 0.5) is 5.82 Å². The highest BCUT2D eigenvalue weighted by atomic mass is 16.2. The van der Waals surface area contributed by atoms with Gasteiger partial charge in [-0.15, -0.1) is 0 Å². The molecule has 0 atom stereocenters. The van der Waals surface area contributed by atoms with E-state index in [-0.39, 0.29) is 5.91 Å². The first-order valence-corrected chi connectivity index (χ1v) is 5.27. The topological polar surface area (TPSA) is 72.9 Å². The second-order valence-electron chi connectivity index (χ2n) is 4.03. The Morgan fingerprint density at radius 3 is 2.80 bits per heavy atom. The monoisotopic (exact) mass is 208 g/mol. The van der Waals surface area contributed by atoms with Crippen LogP contribution in [0.1, 0.15) is 36.2 Å². The molecule has 5 heteroatoms. The molecule has 1 heterocycles. The minimum absolute atomic E-state index is 0.116. The van der Waals surface area contributed by atoms with Gasteiger partial charge in [0.1, 0.15) is 5.82 Å². The lowest BCUT2D eigenvalue weighted by atomic mass is 10.2. The highest BCUT2D eigenvalue weighted by Crippen LogP contribution is 2.18. The van der Waals surface area contributed by atoms with E-state index in [1.54, 1.807) is 13.1 Å². The summed E-state index contributed by atoms with van der Waals surface area (Å²) in [7, 11) is 1.72. The summed E-state index contributed by atoms with van der Waals surface area (Å²) < 4.78 is 1.50. The zero-order valence-electron chi connectivity index (χ0n) is 8.86. The minimum atomic E-state index is -0.116. The molecular weight excluding hydrogens is 192 g/mol. The van der Waals surface area contributed by atoms with Crippen LogP contribution in [-0.2, 0) is 7.05 Å². The number of nitrogens with two attached hydrogens (primary N) is 1. The van der Waals surface area contributed by atoms with E-state index in [2.05, 4.69) is 10.4 Å². The van der Waals surface area contributed by atoms with Crippen LogP contribution in [0.3, 0.4) is 0 Å². The molecule has 1 saturated carbocycles. The minimum Gasteiger partial charge on any atom is -0.384 e. The lowest BCUT2D eigenvalue weighted by Gasteiger charge is -2.09. The average Bonchev–Trinajstić information content (AvgIpc) is 2.78. The molecule has 1 aromatic rings. The van der Waals surface area contributed by atoms with Gasteiger partial charge in [-0.25, -0.2) is 0 Å². The maximum Gasteiger partial charge on any atom is 0.272 e. The van der Waals surface area contributed by atoms with Gasteiger partial charge in [-0.05, 0) is 12.8 Å². The summed E-state index contributed by atoms with van der Waals surface area (Å²) in [6.45, 7) is 0. The molecule has 1 aromatic heterocycles. The van der Waals surface area contributed by atoms with E-state index in [4.69, 9.17) is 5.73 Å². The van der Waals surface area contributed by atoms with E-state index in [9.17, 15) is 4.79 Å². The number of aryl methyl sites for hydroxylation is 1. The second kappa shape index (κ2) is 3.92. The van der Waals surface area contributed by atoms with E-state index >= 15 is 0 Å². The molecule has 1 amide bonds. The molecule has 0 radical (unpaired) electrons. The molecule has 1 aliphatic rings. The molecule has 1 aliphatic carbocycles. The van der Waals surface area contributed by atoms with Crippen molar-refractivity contribution in [2.24, 2.45) is 7.05 Å². The van der Waals surface area contributed by atoms with Gasteiger partial charge in [0.25, 0.3) is 5.91 Å². The Balaban J connectivity index is 2.00. The Kier molecular flexibility index (Phi) is 2.62. The van der Waals surface area contributed by atoms with Crippen LogP contribution in [0.2, 0.25) is 0 Å². The fourth-order valence-corrected chi connectivity index (χ4v) is 1.92. The third kappa shape index (κ3) is 2.11. The lowest BCUT2D eigenvalue weighted by molar-refractivity contribution is 0.0932. The summed E-state index contributed by atoms with van der Waals surface area (Å²) in [4.78, 5) is 11.7. The van der Waals surface area contributed by atoms with Crippen molar-refractivity contribution >= 4 is 11.7 Å². The molecule has 0 unspecified atom stereocenters. The van der Waals surface area contributed by atoms with Crippen LogP contribution in [-0.4, -0.2) is 21.7 Å². The summed E-state index contributed by atoms with van der Waals surface area (Å²) in [5.74, 6) is 0.390. The fourth-order valence-electron chi connectivity index (χ4n) is 1.92. The van der Waals surface area contributed by atoms with Crippen molar-refractivity contribution in [1.29, 1.82) is 0 Å². The van der Waals surface area contributed by atoms with E-state index in [0.29, 0.717) is 17.6 Å². The van der Waals surface area contributed by atoms with Crippen molar-refractivity contribution in [3.05, 3.63) is 11.8 Å². The quantitative estimate of drug-likeness (QED) is 0.750. The van der Waals surface area contributed by atoms with Gasteiger partial charge in [0, 0.05) is 19.2 Å². The first-order valence-electron chi connectivity index (χ1n) is 5.27. The van der Waals surface area contributed by atoms with Gasteiger partial charge in [-0.1, -0.05) is 12.8 Å². The van der Waals surface area contributed by atoms with Crippen LogP contribution in [0.5, 0.6) is 0 Å². The molecule has 3 N–H and O–H groups in total. The van der Waals surface area contributed by atoms with E-state index in [1.165, 1.54) is 17.5 Å². The van der Waals surface area contributed by atoms with Gasteiger partial charge in [-0.2, -0.15) is 5.10 Å². The molecule has 82 valence electrons. The van der Waals surface area contributed by atoms with Gasteiger partial charge >= 0.3 is 0 Å². The standard InChI is InChI=1S/C10H16N4O/c1-14-9(11)6-8(13-14)10(15)12-7-4-2-3-5-7/h6-7H,2-5,11H2,1H3,(H,12,15). The Morgan fingerprint density at radius 1 is 1.60 bits per heavy atom. The number of hydrogen-bond acceptors (Lipinski definition) is 3. The number of hydrogen-bond donors (Lipinski definition) is 2. The van der Waals surface area contributed by atoms with Gasteiger partial charge in [0.05, 0.1) is 0 Å². The molecule has 1 fully saturated rings. The summed E-state index contributed by atoms with van der Waals surface area (Å²) >= 11 is 0. The van der Waals surface area contributed by atoms with Crippen molar-refractivity contribution in [1.82, 2.24) is 15.1 Å². The molecule has 0 aliphatic heterocycles. The van der Waals surface area contributed by atoms with Gasteiger partial charge < -0.3 is 11.1 Å². The first-order chi connectivity index (χ1) is 7.16. The maximum absolute atomic E-state index is 11.7. The molecule has 0 saturated heterocycles. The van der Waals surface area contributed by atoms with E-state index in [0.717, 1.165) is 12.8 Å². The summed E-state index contributed by atoms with van der Waals surface area (Å²) in [6, 6.07) is 1.92. The van der Waals surface area contributed by atoms with Gasteiger partial charge in [0.15, 0.2) is 5.69 Å². The fraction of sp³-hybridized carbons (Fsp3) is 0.600. The summed E-state index contributed by atoms with van der Waals surface area (Å²) in [5.41, 5.74) is 6.01. The Bertz CT molecular complexity index is 346. The molecule has 0 aromatic carbocycles. The van der Waals surface area contributed by atoms with Crippen molar-refractivity contribution in [2.45, 2.75) is 31.7 Å². The largest absolute Gasteiger partial charge is 0.384 e. The van der Waals surface area contributed by atoms with Crippen LogP contribution in [0.15, 0.2) is 6.07 Å². The van der Waals surface area contributed by atoms with E-state index < -0.39 is 0 Å². The van der Waals surface area contributed by atoms with Crippen molar-refractivity contribution in [3.8, 4) is 0 Å². The molecule has 15 heavy (non-hydrogen) atoms. The number of nitrogens with one attached hydrogen (secondary N) is 1. The summed E-state index contributed by atoms with van der Waals surface area (Å²) in [6.07, 6.45) is 4.56. The number of nitrogen functional groups attached to an aromatic ring is 1. The molecular formula is C10H16N4O. The number of aromatic nitrogens is 2. The zero-order chi connectivity index (χ0) is 10.8. The highest BCUT2D eigenvalue weighted by Gasteiger charge is 2.19. The predicted molar refractivity (Wildman–Crippen MR) is 57.3 cm³/mol. The average molecular weight is 208 g/mol. The molecule has 5 nitrogen and oxygen atoms in total. The summed E-state index contributed by atoms with van der Waals surface area (Å²) in [5, 5.41) is 7.00. The Hall–Kier alpha value is -1.52. The van der Waals surface area contributed by atoms with Crippen molar-refractivity contribution < 1.29 is 4.79 Å². The SMILES string of the molecule is Cn1nc(C(=O)NC2CCCC2)cc1N. The van der Waals surface area contributed by atoms with Crippen molar-refractivity contribution in [3.63, 3.8) is 0 Å². The number of anilines is 1. The number of carbonyl (C=O) groups is 1. The Labute approximate surface area is 88.6 Å². The highest BCUT2D eigenvalue weighted by molar-refractivity contribution is 5.93. The van der Waals surface area contributed by atoms with Crippen LogP contribution >= 0.6 is 0 Å². The first kappa shape index (κ1) is 10.0. The molecule has 0 bridgehead atoms. The van der Waals surface area contributed by atoms with Crippen LogP contribution < -0.4 is 11.1 Å². The van der Waals surface area contributed by atoms with Gasteiger partial charge in [-0.3, -0.25) is 9.48 Å². The molecule has 2 rings (SSSR count).